The molecule has 2 aromatic carbocycles. The second-order valence-electron chi connectivity index (χ2n) is 7.59. The fraction of sp³-hybridized carbons (Fsp3) is 0.292. The smallest absolute Gasteiger partial charge is 0.251 e. The zero-order valence-electron chi connectivity index (χ0n) is 17.0. The van der Waals surface area contributed by atoms with Crippen LogP contribution in [0.2, 0.25) is 5.02 Å². The standard InChI is InChI=1S/C24H26ClN3OS/c1-18(26-24(29)19-9-11-20(25)12-10-19)23(22-8-5-17-30-22)28-15-13-27(14-16-28)21-6-3-2-4-7-21/h2-12,17-18,23H,13-16H2,1H3,(H,26,29). The number of nitrogens with zero attached hydrogens (tertiary/aromatic N) is 2. The molecule has 0 bridgehead atoms. The van der Waals surface area contributed by atoms with E-state index < -0.39 is 0 Å². The number of hydrogen-bond acceptors (Lipinski definition) is 4. The molecule has 0 saturated carbocycles. The predicted octanol–water partition coefficient (Wildman–Crippen LogP) is 5.08. The minimum absolute atomic E-state index is 0.0184. The van der Waals surface area contributed by atoms with Crippen LogP contribution in [0.5, 0.6) is 0 Å². The largest absolute Gasteiger partial charge is 0.369 e. The molecule has 0 spiro atoms. The summed E-state index contributed by atoms with van der Waals surface area (Å²) in [4.78, 5) is 19.0. The van der Waals surface area contributed by atoms with E-state index in [0.717, 1.165) is 26.2 Å². The summed E-state index contributed by atoms with van der Waals surface area (Å²) in [5, 5.41) is 5.95. The summed E-state index contributed by atoms with van der Waals surface area (Å²) in [6.45, 7) is 5.96. The molecular formula is C24H26ClN3OS. The van der Waals surface area contributed by atoms with Crippen molar-refractivity contribution < 1.29 is 4.79 Å². The molecule has 1 aliphatic heterocycles. The number of carbonyl (C=O) groups is 1. The second-order valence-corrected chi connectivity index (χ2v) is 9.00. The Labute approximate surface area is 187 Å². The van der Waals surface area contributed by atoms with Gasteiger partial charge in [-0.3, -0.25) is 9.69 Å². The van der Waals surface area contributed by atoms with E-state index in [1.54, 1.807) is 35.6 Å². The lowest BCUT2D eigenvalue weighted by atomic mass is 10.0. The summed E-state index contributed by atoms with van der Waals surface area (Å²) >= 11 is 7.71. The highest BCUT2D eigenvalue weighted by Gasteiger charge is 2.31. The van der Waals surface area contributed by atoms with Gasteiger partial charge < -0.3 is 10.2 Å². The Morgan fingerprint density at radius 1 is 0.967 bits per heavy atom. The van der Waals surface area contributed by atoms with E-state index in [4.69, 9.17) is 11.6 Å². The average molecular weight is 440 g/mol. The first kappa shape index (κ1) is 20.9. The van der Waals surface area contributed by atoms with Crippen LogP contribution in [0.25, 0.3) is 0 Å². The van der Waals surface area contributed by atoms with E-state index in [1.165, 1.54) is 10.6 Å². The maximum atomic E-state index is 12.8. The van der Waals surface area contributed by atoms with Crippen LogP contribution in [0.15, 0.2) is 72.1 Å². The Hall–Kier alpha value is -2.34. The highest BCUT2D eigenvalue weighted by atomic mass is 35.5. The number of hydrogen-bond donors (Lipinski definition) is 1. The van der Waals surface area contributed by atoms with Gasteiger partial charge in [-0.15, -0.1) is 11.3 Å². The van der Waals surface area contributed by atoms with E-state index in [1.807, 2.05) is 0 Å². The molecule has 1 fully saturated rings. The van der Waals surface area contributed by atoms with E-state index in [-0.39, 0.29) is 18.0 Å². The summed E-state index contributed by atoms with van der Waals surface area (Å²) in [5.41, 5.74) is 1.90. The summed E-state index contributed by atoms with van der Waals surface area (Å²) in [5.74, 6) is -0.0661. The lowest BCUT2D eigenvalue weighted by Gasteiger charge is -2.42. The van der Waals surface area contributed by atoms with Gasteiger partial charge in [-0.25, -0.2) is 0 Å². The van der Waals surface area contributed by atoms with Crippen molar-refractivity contribution in [3.8, 4) is 0 Å². The van der Waals surface area contributed by atoms with Gasteiger partial charge in [-0.2, -0.15) is 0 Å². The van der Waals surface area contributed by atoms with Gasteiger partial charge in [0.1, 0.15) is 0 Å². The zero-order chi connectivity index (χ0) is 20.9. The number of piperazine rings is 1. The molecule has 3 aromatic rings. The topological polar surface area (TPSA) is 35.6 Å². The first-order valence-corrected chi connectivity index (χ1v) is 11.5. The van der Waals surface area contributed by atoms with Crippen molar-refractivity contribution in [3.05, 3.63) is 87.6 Å². The van der Waals surface area contributed by atoms with Crippen LogP contribution in [0.3, 0.4) is 0 Å². The summed E-state index contributed by atoms with van der Waals surface area (Å²) < 4.78 is 0. The SMILES string of the molecule is CC(NC(=O)c1ccc(Cl)cc1)C(c1cccs1)N1CCN(c2ccccc2)CC1. The van der Waals surface area contributed by atoms with Crippen LogP contribution >= 0.6 is 22.9 Å². The van der Waals surface area contributed by atoms with Crippen LogP contribution in [-0.2, 0) is 0 Å². The Morgan fingerprint density at radius 3 is 2.30 bits per heavy atom. The molecule has 1 N–H and O–H groups in total. The summed E-state index contributed by atoms with van der Waals surface area (Å²) in [6, 6.07) is 22.0. The molecular weight excluding hydrogens is 414 g/mol. The van der Waals surface area contributed by atoms with Gasteiger partial charge in [0.05, 0.1) is 6.04 Å². The van der Waals surface area contributed by atoms with Crippen molar-refractivity contribution in [2.24, 2.45) is 0 Å². The van der Waals surface area contributed by atoms with Crippen molar-refractivity contribution in [1.82, 2.24) is 10.2 Å². The molecule has 1 aliphatic rings. The molecule has 1 saturated heterocycles. The van der Waals surface area contributed by atoms with Crippen molar-refractivity contribution in [3.63, 3.8) is 0 Å². The molecule has 30 heavy (non-hydrogen) atoms. The highest BCUT2D eigenvalue weighted by molar-refractivity contribution is 7.10. The number of halogens is 1. The first-order chi connectivity index (χ1) is 14.6. The maximum Gasteiger partial charge on any atom is 0.251 e. The highest BCUT2D eigenvalue weighted by Crippen LogP contribution is 2.30. The van der Waals surface area contributed by atoms with Gasteiger partial charge in [0.2, 0.25) is 0 Å². The van der Waals surface area contributed by atoms with E-state index >= 15 is 0 Å². The van der Waals surface area contributed by atoms with Crippen molar-refractivity contribution >= 4 is 34.5 Å². The molecule has 4 nitrogen and oxygen atoms in total. The van der Waals surface area contributed by atoms with Gasteiger partial charge in [0, 0.05) is 53.4 Å². The van der Waals surface area contributed by atoms with Gasteiger partial charge in [-0.05, 0) is 54.8 Å². The Bertz CT molecular complexity index is 938. The molecule has 1 amide bonds. The fourth-order valence-electron chi connectivity index (χ4n) is 4.07. The van der Waals surface area contributed by atoms with E-state index in [9.17, 15) is 4.79 Å². The van der Waals surface area contributed by atoms with Crippen LogP contribution in [0.1, 0.15) is 28.2 Å². The first-order valence-electron chi connectivity index (χ1n) is 10.3. The second kappa shape index (κ2) is 9.65. The molecule has 6 heteroatoms. The number of amides is 1. The van der Waals surface area contributed by atoms with Gasteiger partial charge in [0.25, 0.3) is 5.91 Å². The molecule has 4 rings (SSSR count). The minimum Gasteiger partial charge on any atom is -0.369 e. The molecule has 0 aliphatic carbocycles. The van der Waals surface area contributed by atoms with E-state index in [0.29, 0.717) is 10.6 Å². The third kappa shape index (κ3) is 4.86. The number of para-hydroxylation sites is 1. The van der Waals surface area contributed by atoms with Crippen LogP contribution in [0.4, 0.5) is 5.69 Å². The Kier molecular flexibility index (Phi) is 6.72. The molecule has 156 valence electrons. The summed E-state index contributed by atoms with van der Waals surface area (Å²) in [6.07, 6.45) is 0. The zero-order valence-corrected chi connectivity index (χ0v) is 18.6. The van der Waals surface area contributed by atoms with Gasteiger partial charge in [-0.1, -0.05) is 35.9 Å². The number of rotatable bonds is 6. The quantitative estimate of drug-likeness (QED) is 0.581. The normalized spacial score (nSPS) is 16.8. The van der Waals surface area contributed by atoms with Gasteiger partial charge >= 0.3 is 0 Å². The van der Waals surface area contributed by atoms with Crippen molar-refractivity contribution in [1.29, 1.82) is 0 Å². The predicted molar refractivity (Wildman–Crippen MR) is 126 cm³/mol. The molecule has 2 atom stereocenters. The van der Waals surface area contributed by atoms with Crippen LogP contribution in [-0.4, -0.2) is 43.0 Å². The van der Waals surface area contributed by atoms with Crippen LogP contribution < -0.4 is 10.2 Å². The Balaban J connectivity index is 1.46. The lowest BCUT2D eigenvalue weighted by molar-refractivity contribution is 0.0890. The molecule has 2 heterocycles. The number of nitrogens with one attached hydrogen (secondary N) is 1. The molecule has 1 aromatic heterocycles. The number of anilines is 1. The van der Waals surface area contributed by atoms with E-state index in [2.05, 4.69) is 69.9 Å². The average Bonchev–Trinajstić information content (AvgIpc) is 3.30. The third-order valence-corrected chi connectivity index (χ3v) is 6.80. The minimum atomic E-state index is -0.0661. The number of thiophene rings is 1. The Morgan fingerprint density at radius 2 is 1.67 bits per heavy atom. The number of carbonyl (C=O) groups excluding carboxylic acids is 1. The maximum absolute atomic E-state index is 12.8. The van der Waals surface area contributed by atoms with Gasteiger partial charge in [0.15, 0.2) is 0 Å². The van der Waals surface area contributed by atoms with Crippen molar-refractivity contribution in [2.45, 2.75) is 19.0 Å². The lowest BCUT2D eigenvalue weighted by Crippen LogP contribution is -2.52. The van der Waals surface area contributed by atoms with Crippen molar-refractivity contribution in [2.75, 3.05) is 31.1 Å². The number of benzene rings is 2. The molecule has 2 unspecified atom stereocenters. The fourth-order valence-corrected chi connectivity index (χ4v) is 5.16. The third-order valence-electron chi connectivity index (χ3n) is 5.60. The summed E-state index contributed by atoms with van der Waals surface area (Å²) in [7, 11) is 0. The molecule has 0 radical (unpaired) electrons. The van der Waals surface area contributed by atoms with Crippen LogP contribution in [0, 0.1) is 0 Å². The monoisotopic (exact) mass is 439 g/mol.